The molecule has 7 nitrogen and oxygen atoms in total. The summed E-state index contributed by atoms with van der Waals surface area (Å²) in [7, 11) is 0. The number of carbonyl (C=O) groups is 2. The van der Waals surface area contributed by atoms with Crippen LogP contribution in [0.3, 0.4) is 0 Å². The maximum absolute atomic E-state index is 12.4. The first kappa shape index (κ1) is 15.3. The van der Waals surface area contributed by atoms with Gasteiger partial charge in [0.15, 0.2) is 0 Å². The Labute approximate surface area is 143 Å². The van der Waals surface area contributed by atoms with E-state index in [9.17, 15) is 9.59 Å². The lowest BCUT2D eigenvalue weighted by Crippen LogP contribution is -2.32. The van der Waals surface area contributed by atoms with Crippen LogP contribution in [0, 0.1) is 6.92 Å². The Kier molecular flexibility index (Phi) is 3.68. The van der Waals surface area contributed by atoms with Gasteiger partial charge < -0.3 is 9.09 Å². The molecule has 1 aromatic carbocycles. The maximum atomic E-state index is 12.4. The number of carbonyl (C=O) groups excluding carboxylic acids is 2. The number of nitrogens with zero attached hydrogens (tertiary/aromatic N) is 4. The number of fused-ring (bicyclic) bond motifs is 1. The zero-order valence-electron chi connectivity index (χ0n) is 13.7. The van der Waals surface area contributed by atoms with E-state index in [-0.39, 0.29) is 11.8 Å². The van der Waals surface area contributed by atoms with Crippen LogP contribution in [0.15, 0.2) is 47.2 Å². The lowest BCUT2D eigenvalue weighted by Gasteiger charge is -2.14. The third kappa shape index (κ3) is 2.73. The zero-order valence-corrected chi connectivity index (χ0v) is 13.7. The Morgan fingerprint density at radius 2 is 1.84 bits per heavy atom. The molecular weight excluding hydrogens is 320 g/mol. The summed E-state index contributed by atoms with van der Waals surface area (Å²) >= 11 is 0. The Bertz CT molecular complexity index is 922. The van der Waals surface area contributed by atoms with Crippen molar-refractivity contribution in [1.29, 1.82) is 0 Å². The third-order valence-corrected chi connectivity index (χ3v) is 4.25. The monoisotopic (exact) mass is 336 g/mol. The van der Waals surface area contributed by atoms with Gasteiger partial charge in [0.25, 0.3) is 11.8 Å². The normalized spacial score (nSPS) is 13.6. The average molecular weight is 336 g/mol. The summed E-state index contributed by atoms with van der Waals surface area (Å²) < 4.78 is 7.02. The van der Waals surface area contributed by atoms with Crippen molar-refractivity contribution in [2.45, 2.75) is 19.9 Å². The summed E-state index contributed by atoms with van der Waals surface area (Å²) in [5, 5.41) is 3.98. The quantitative estimate of drug-likeness (QED) is 0.666. The topological polar surface area (TPSA) is 81.2 Å². The standard InChI is InChI=1S/C18H16N4O3/c1-12-10-13(20-25-12)11-21-9-7-19-16(21)6-8-22-17(23)14-4-2-3-5-15(14)18(22)24/h2-5,7,9-10H,6,8,11H2,1H3. The molecular formula is C18H16N4O3. The fourth-order valence-electron chi connectivity index (χ4n) is 3.03. The van der Waals surface area contributed by atoms with Crippen LogP contribution >= 0.6 is 0 Å². The second kappa shape index (κ2) is 6.01. The fraction of sp³-hybridized carbons (Fsp3) is 0.222. The first-order chi connectivity index (χ1) is 12.1. The van der Waals surface area contributed by atoms with E-state index in [1.807, 2.05) is 23.8 Å². The molecule has 0 atom stereocenters. The Morgan fingerprint density at radius 3 is 2.48 bits per heavy atom. The van der Waals surface area contributed by atoms with Crippen LogP contribution in [0.25, 0.3) is 0 Å². The number of hydrogen-bond donors (Lipinski definition) is 0. The summed E-state index contributed by atoms with van der Waals surface area (Å²) in [5.41, 5.74) is 1.74. The molecule has 0 bridgehead atoms. The van der Waals surface area contributed by atoms with Crippen LogP contribution in [-0.2, 0) is 13.0 Å². The summed E-state index contributed by atoms with van der Waals surface area (Å²) in [6, 6.07) is 8.76. The van der Waals surface area contributed by atoms with E-state index in [1.165, 1.54) is 4.90 Å². The third-order valence-electron chi connectivity index (χ3n) is 4.25. The van der Waals surface area contributed by atoms with Gasteiger partial charge in [-0.05, 0) is 19.1 Å². The van der Waals surface area contributed by atoms with Crippen molar-refractivity contribution in [3.63, 3.8) is 0 Å². The van der Waals surface area contributed by atoms with Crippen LogP contribution in [0.5, 0.6) is 0 Å². The van der Waals surface area contributed by atoms with Gasteiger partial charge >= 0.3 is 0 Å². The van der Waals surface area contributed by atoms with E-state index < -0.39 is 0 Å². The molecule has 3 heterocycles. The molecule has 0 unspecified atom stereocenters. The van der Waals surface area contributed by atoms with E-state index in [2.05, 4.69) is 10.1 Å². The molecule has 1 aliphatic heterocycles. The molecule has 4 rings (SSSR count). The van der Waals surface area contributed by atoms with Crippen LogP contribution in [0.2, 0.25) is 0 Å². The SMILES string of the molecule is Cc1cc(Cn2ccnc2CCN2C(=O)c3ccccc3C2=O)no1. The Balaban J connectivity index is 1.47. The van der Waals surface area contributed by atoms with E-state index in [0.717, 1.165) is 17.3 Å². The van der Waals surface area contributed by atoms with Gasteiger partial charge in [0.2, 0.25) is 0 Å². The van der Waals surface area contributed by atoms with Crippen LogP contribution in [0.1, 0.15) is 38.0 Å². The molecule has 0 radical (unpaired) electrons. The Hall–Kier alpha value is -3.22. The van der Waals surface area contributed by atoms with Crippen molar-refractivity contribution in [3.05, 3.63) is 71.1 Å². The lowest BCUT2D eigenvalue weighted by atomic mass is 10.1. The summed E-state index contributed by atoms with van der Waals surface area (Å²) in [4.78, 5) is 30.4. The van der Waals surface area contributed by atoms with Crippen LogP contribution in [0.4, 0.5) is 0 Å². The first-order valence-electron chi connectivity index (χ1n) is 8.01. The van der Waals surface area contributed by atoms with E-state index in [4.69, 9.17) is 4.52 Å². The van der Waals surface area contributed by atoms with Crippen molar-refractivity contribution in [2.24, 2.45) is 0 Å². The molecule has 126 valence electrons. The number of imidazole rings is 1. The molecule has 2 amide bonds. The van der Waals surface area contributed by atoms with Gasteiger partial charge in [-0.25, -0.2) is 4.98 Å². The number of imide groups is 1. The van der Waals surface area contributed by atoms with Crippen molar-refractivity contribution >= 4 is 11.8 Å². The van der Waals surface area contributed by atoms with Crippen LogP contribution in [-0.4, -0.2) is 38.0 Å². The highest BCUT2D eigenvalue weighted by atomic mass is 16.5. The lowest BCUT2D eigenvalue weighted by molar-refractivity contribution is 0.0655. The Morgan fingerprint density at radius 1 is 1.12 bits per heavy atom. The predicted molar refractivity (Wildman–Crippen MR) is 88.1 cm³/mol. The fourth-order valence-corrected chi connectivity index (χ4v) is 3.03. The molecule has 0 N–H and O–H groups in total. The number of hydrogen-bond acceptors (Lipinski definition) is 5. The second-order valence-corrected chi connectivity index (χ2v) is 5.96. The number of aromatic nitrogens is 3. The van der Waals surface area contributed by atoms with Crippen molar-refractivity contribution in [3.8, 4) is 0 Å². The first-order valence-corrected chi connectivity index (χ1v) is 8.01. The second-order valence-electron chi connectivity index (χ2n) is 5.96. The predicted octanol–water partition coefficient (Wildman–Crippen LogP) is 2.07. The van der Waals surface area contributed by atoms with E-state index in [1.54, 1.807) is 30.5 Å². The molecule has 0 aliphatic carbocycles. The molecule has 2 aromatic heterocycles. The summed E-state index contributed by atoms with van der Waals surface area (Å²) in [6.07, 6.45) is 4.03. The molecule has 0 saturated carbocycles. The molecule has 0 saturated heterocycles. The maximum Gasteiger partial charge on any atom is 0.261 e. The minimum absolute atomic E-state index is 0.245. The number of aryl methyl sites for hydroxylation is 1. The highest BCUT2D eigenvalue weighted by molar-refractivity contribution is 6.21. The highest BCUT2D eigenvalue weighted by Crippen LogP contribution is 2.22. The van der Waals surface area contributed by atoms with E-state index >= 15 is 0 Å². The zero-order chi connectivity index (χ0) is 17.4. The molecule has 0 fully saturated rings. The smallest absolute Gasteiger partial charge is 0.261 e. The minimum atomic E-state index is -0.245. The van der Waals surface area contributed by atoms with E-state index in [0.29, 0.717) is 30.6 Å². The molecule has 1 aliphatic rings. The van der Waals surface area contributed by atoms with Crippen molar-refractivity contribution < 1.29 is 14.1 Å². The van der Waals surface area contributed by atoms with Gasteiger partial charge in [-0.3, -0.25) is 14.5 Å². The number of benzene rings is 1. The minimum Gasteiger partial charge on any atom is -0.361 e. The number of amides is 2. The van der Waals surface area contributed by atoms with Gasteiger partial charge in [-0.2, -0.15) is 0 Å². The number of rotatable bonds is 5. The summed E-state index contributed by atoms with van der Waals surface area (Å²) in [5.74, 6) is 1.05. The van der Waals surface area contributed by atoms with Gasteiger partial charge in [0, 0.05) is 31.4 Å². The van der Waals surface area contributed by atoms with Crippen LogP contribution < -0.4 is 0 Å². The summed E-state index contributed by atoms with van der Waals surface area (Å²) in [6.45, 7) is 2.67. The van der Waals surface area contributed by atoms with Crippen molar-refractivity contribution in [2.75, 3.05) is 6.54 Å². The molecule has 3 aromatic rings. The van der Waals surface area contributed by atoms with Gasteiger partial charge in [0.05, 0.1) is 17.7 Å². The largest absolute Gasteiger partial charge is 0.361 e. The molecule has 7 heteroatoms. The molecule has 25 heavy (non-hydrogen) atoms. The van der Waals surface area contributed by atoms with Crippen molar-refractivity contribution in [1.82, 2.24) is 19.6 Å². The van der Waals surface area contributed by atoms with Gasteiger partial charge in [-0.15, -0.1) is 0 Å². The van der Waals surface area contributed by atoms with Gasteiger partial charge in [-0.1, -0.05) is 17.3 Å². The molecule has 0 spiro atoms. The average Bonchev–Trinajstić information content (AvgIpc) is 3.29. The van der Waals surface area contributed by atoms with Gasteiger partial charge in [0.1, 0.15) is 17.3 Å². The highest BCUT2D eigenvalue weighted by Gasteiger charge is 2.34.